The first-order valence-corrected chi connectivity index (χ1v) is 9.54. The van der Waals surface area contributed by atoms with Gasteiger partial charge in [-0.15, -0.1) is 0 Å². The number of hydrogen-bond acceptors (Lipinski definition) is 5. The highest BCUT2D eigenvalue weighted by atomic mass is 35.5. The van der Waals surface area contributed by atoms with Crippen molar-refractivity contribution in [2.75, 3.05) is 20.2 Å². The summed E-state index contributed by atoms with van der Waals surface area (Å²) >= 11 is 6.04. The van der Waals surface area contributed by atoms with E-state index in [1.807, 2.05) is 29.2 Å². The summed E-state index contributed by atoms with van der Waals surface area (Å²) in [6, 6.07) is 14.6. The minimum Gasteiger partial charge on any atom is -0.497 e. The molecule has 28 heavy (non-hydrogen) atoms. The SMILES string of the molecule is COc1cccc(C(=O)N2CCC[C@H](c3nc(-c4cccc(Cl)c4)no3)C2)c1. The predicted molar refractivity (Wildman–Crippen MR) is 106 cm³/mol. The van der Waals surface area contributed by atoms with Crippen LogP contribution in [0.4, 0.5) is 0 Å². The number of carbonyl (C=O) groups excluding carboxylic acids is 1. The maximum absolute atomic E-state index is 12.9. The van der Waals surface area contributed by atoms with E-state index < -0.39 is 0 Å². The molecule has 1 amide bonds. The van der Waals surface area contributed by atoms with Crippen LogP contribution in [0.3, 0.4) is 0 Å². The normalized spacial score (nSPS) is 16.8. The van der Waals surface area contributed by atoms with E-state index in [-0.39, 0.29) is 11.8 Å². The van der Waals surface area contributed by atoms with Gasteiger partial charge in [-0.1, -0.05) is 35.0 Å². The van der Waals surface area contributed by atoms with Crippen molar-refractivity contribution in [3.05, 3.63) is 65.0 Å². The molecular weight excluding hydrogens is 378 g/mol. The molecule has 1 aliphatic rings. The fourth-order valence-corrected chi connectivity index (χ4v) is 3.64. The van der Waals surface area contributed by atoms with E-state index in [9.17, 15) is 4.79 Å². The second kappa shape index (κ2) is 8.02. The molecular formula is C21H20ClN3O3. The van der Waals surface area contributed by atoms with Gasteiger partial charge >= 0.3 is 0 Å². The summed E-state index contributed by atoms with van der Waals surface area (Å²) in [5.74, 6) is 1.73. The molecule has 0 unspecified atom stereocenters. The van der Waals surface area contributed by atoms with Gasteiger partial charge in [-0.2, -0.15) is 4.98 Å². The van der Waals surface area contributed by atoms with Crippen molar-refractivity contribution in [1.82, 2.24) is 15.0 Å². The molecule has 144 valence electrons. The van der Waals surface area contributed by atoms with Crippen LogP contribution in [-0.2, 0) is 0 Å². The van der Waals surface area contributed by atoms with Gasteiger partial charge in [-0.05, 0) is 43.2 Å². The van der Waals surface area contributed by atoms with Crippen molar-refractivity contribution in [3.63, 3.8) is 0 Å². The third kappa shape index (κ3) is 3.87. The average molecular weight is 398 g/mol. The lowest BCUT2D eigenvalue weighted by Crippen LogP contribution is -2.39. The van der Waals surface area contributed by atoms with Gasteiger partial charge in [0.25, 0.3) is 5.91 Å². The van der Waals surface area contributed by atoms with E-state index in [1.54, 1.807) is 31.4 Å². The van der Waals surface area contributed by atoms with Crippen LogP contribution in [0.5, 0.6) is 5.75 Å². The second-order valence-corrected chi connectivity index (χ2v) is 7.23. The highest BCUT2D eigenvalue weighted by molar-refractivity contribution is 6.30. The van der Waals surface area contributed by atoms with Crippen LogP contribution in [0.25, 0.3) is 11.4 Å². The summed E-state index contributed by atoms with van der Waals surface area (Å²) in [7, 11) is 1.59. The summed E-state index contributed by atoms with van der Waals surface area (Å²) in [5.41, 5.74) is 1.42. The molecule has 2 aromatic carbocycles. The Morgan fingerprint density at radius 2 is 2.11 bits per heavy atom. The predicted octanol–water partition coefficient (Wildman–Crippen LogP) is 4.42. The van der Waals surface area contributed by atoms with Crippen molar-refractivity contribution in [1.29, 1.82) is 0 Å². The van der Waals surface area contributed by atoms with E-state index in [1.165, 1.54) is 0 Å². The van der Waals surface area contributed by atoms with Gasteiger partial charge in [0, 0.05) is 29.2 Å². The zero-order chi connectivity index (χ0) is 19.5. The molecule has 0 spiro atoms. The van der Waals surface area contributed by atoms with Crippen molar-refractivity contribution < 1.29 is 14.1 Å². The van der Waals surface area contributed by atoms with E-state index in [0.29, 0.717) is 41.1 Å². The molecule has 1 saturated heterocycles. The molecule has 1 atom stereocenters. The van der Waals surface area contributed by atoms with Crippen molar-refractivity contribution in [2.45, 2.75) is 18.8 Å². The van der Waals surface area contributed by atoms with Crippen LogP contribution >= 0.6 is 11.6 Å². The number of methoxy groups -OCH3 is 1. The fourth-order valence-electron chi connectivity index (χ4n) is 3.45. The number of aromatic nitrogens is 2. The molecule has 4 rings (SSSR count). The van der Waals surface area contributed by atoms with Crippen molar-refractivity contribution in [3.8, 4) is 17.1 Å². The molecule has 7 heteroatoms. The van der Waals surface area contributed by atoms with Crippen LogP contribution < -0.4 is 4.74 Å². The number of nitrogens with zero attached hydrogens (tertiary/aromatic N) is 3. The Morgan fingerprint density at radius 3 is 2.93 bits per heavy atom. The van der Waals surface area contributed by atoms with E-state index >= 15 is 0 Å². The Hall–Kier alpha value is -2.86. The number of halogens is 1. The third-order valence-electron chi connectivity index (χ3n) is 4.90. The van der Waals surface area contributed by atoms with Crippen LogP contribution in [0.15, 0.2) is 53.1 Å². The zero-order valence-electron chi connectivity index (χ0n) is 15.5. The molecule has 0 saturated carbocycles. The number of amides is 1. The van der Waals surface area contributed by atoms with Gasteiger partial charge < -0.3 is 14.2 Å². The van der Waals surface area contributed by atoms with Gasteiger partial charge in [0.1, 0.15) is 5.75 Å². The average Bonchev–Trinajstić information content (AvgIpc) is 3.24. The molecule has 1 fully saturated rings. The molecule has 3 aromatic rings. The summed E-state index contributed by atoms with van der Waals surface area (Å²) in [6.07, 6.45) is 1.79. The summed E-state index contributed by atoms with van der Waals surface area (Å²) in [6.45, 7) is 1.26. The summed E-state index contributed by atoms with van der Waals surface area (Å²) < 4.78 is 10.7. The van der Waals surface area contributed by atoms with Gasteiger partial charge in [-0.25, -0.2) is 0 Å². The van der Waals surface area contributed by atoms with Gasteiger partial charge in [0.15, 0.2) is 0 Å². The lowest BCUT2D eigenvalue weighted by molar-refractivity contribution is 0.0695. The number of rotatable bonds is 4. The number of carbonyl (C=O) groups is 1. The second-order valence-electron chi connectivity index (χ2n) is 6.79. The molecule has 0 N–H and O–H groups in total. The molecule has 0 radical (unpaired) electrons. The monoisotopic (exact) mass is 397 g/mol. The summed E-state index contributed by atoms with van der Waals surface area (Å²) in [5, 5.41) is 4.71. The number of ether oxygens (including phenoxy) is 1. The Morgan fingerprint density at radius 1 is 1.25 bits per heavy atom. The maximum Gasteiger partial charge on any atom is 0.254 e. The zero-order valence-corrected chi connectivity index (χ0v) is 16.2. The smallest absolute Gasteiger partial charge is 0.254 e. The Labute approximate surface area is 168 Å². The van der Waals surface area contributed by atoms with Crippen LogP contribution in [0.1, 0.15) is 35.0 Å². The number of likely N-dealkylation sites (tertiary alicyclic amines) is 1. The van der Waals surface area contributed by atoms with Gasteiger partial charge in [0.2, 0.25) is 11.7 Å². The van der Waals surface area contributed by atoms with Gasteiger partial charge in [0.05, 0.1) is 13.0 Å². The van der Waals surface area contributed by atoms with Gasteiger partial charge in [-0.3, -0.25) is 4.79 Å². The molecule has 1 aliphatic heterocycles. The fraction of sp³-hybridized carbons (Fsp3) is 0.286. The number of benzene rings is 2. The Bertz CT molecular complexity index is 988. The summed E-state index contributed by atoms with van der Waals surface area (Å²) in [4.78, 5) is 19.3. The van der Waals surface area contributed by atoms with Crippen molar-refractivity contribution in [2.24, 2.45) is 0 Å². The highest BCUT2D eigenvalue weighted by Gasteiger charge is 2.29. The van der Waals surface area contributed by atoms with E-state index in [2.05, 4.69) is 10.1 Å². The third-order valence-corrected chi connectivity index (χ3v) is 5.13. The molecule has 2 heterocycles. The van der Waals surface area contributed by atoms with E-state index in [4.69, 9.17) is 20.9 Å². The Balaban J connectivity index is 1.50. The van der Waals surface area contributed by atoms with Crippen molar-refractivity contribution >= 4 is 17.5 Å². The molecule has 6 nitrogen and oxygen atoms in total. The first-order valence-electron chi connectivity index (χ1n) is 9.17. The molecule has 1 aromatic heterocycles. The molecule has 0 aliphatic carbocycles. The molecule has 0 bridgehead atoms. The first kappa shape index (κ1) is 18.5. The van der Waals surface area contributed by atoms with Crippen LogP contribution in [0.2, 0.25) is 5.02 Å². The first-order chi connectivity index (χ1) is 13.6. The lowest BCUT2D eigenvalue weighted by Gasteiger charge is -2.31. The number of hydrogen-bond donors (Lipinski definition) is 0. The lowest BCUT2D eigenvalue weighted by atomic mass is 9.97. The largest absolute Gasteiger partial charge is 0.497 e. The quantitative estimate of drug-likeness (QED) is 0.651. The Kier molecular flexibility index (Phi) is 5.30. The minimum atomic E-state index is -0.0156. The topological polar surface area (TPSA) is 68.5 Å². The standard InChI is InChI=1S/C21H20ClN3O3/c1-27-18-9-3-6-15(12-18)21(26)25-10-4-7-16(13-25)20-23-19(24-28-20)14-5-2-8-17(22)11-14/h2-3,5-6,8-9,11-12,16H,4,7,10,13H2,1H3/t16-/m0/s1. The van der Waals surface area contributed by atoms with Crippen LogP contribution in [-0.4, -0.2) is 41.1 Å². The minimum absolute atomic E-state index is 0.0156. The maximum atomic E-state index is 12.9. The highest BCUT2D eigenvalue weighted by Crippen LogP contribution is 2.29. The van der Waals surface area contributed by atoms with Crippen LogP contribution in [0, 0.1) is 0 Å². The van der Waals surface area contributed by atoms with E-state index in [0.717, 1.165) is 18.4 Å². The number of piperidine rings is 1.